The van der Waals surface area contributed by atoms with E-state index in [0.717, 1.165) is 10.9 Å². The van der Waals surface area contributed by atoms with E-state index in [-0.39, 0.29) is 11.9 Å². The van der Waals surface area contributed by atoms with Crippen molar-refractivity contribution in [3.63, 3.8) is 0 Å². The molecule has 80 valence electrons. The number of carbonyl (C=O) groups excluding carboxylic acids is 1. The molecule has 5 heteroatoms. The number of nitrogens with zero attached hydrogens (tertiary/aromatic N) is 1. The van der Waals surface area contributed by atoms with E-state index >= 15 is 0 Å². The molecule has 0 aromatic carbocycles. The van der Waals surface area contributed by atoms with Crippen molar-refractivity contribution in [2.75, 3.05) is 6.61 Å². The maximum absolute atomic E-state index is 10.9. The fraction of sp³-hybridized carbons (Fsp3) is 0.400. The number of hydrogen-bond acceptors (Lipinski definition) is 3. The minimum Gasteiger partial charge on any atom is -0.475 e. The lowest BCUT2D eigenvalue weighted by atomic mass is 10.2. The zero-order chi connectivity index (χ0) is 10.7. The van der Waals surface area contributed by atoms with Crippen molar-refractivity contribution >= 4 is 21.8 Å². The van der Waals surface area contributed by atoms with Crippen molar-refractivity contribution in [3.8, 4) is 5.88 Å². The highest BCUT2D eigenvalue weighted by atomic mass is 79.9. The molecule has 1 aliphatic heterocycles. The van der Waals surface area contributed by atoms with Gasteiger partial charge in [-0.3, -0.25) is 4.79 Å². The standard InChI is InChI=1S/C10H11BrN2O2/c11-7-1-4-10(12-5-7)15-6-8-2-3-9(14)13-8/h1,4-5,8H,2-3,6H2,(H,13,14)/t8-/m0/s1. The molecule has 1 N–H and O–H groups in total. The van der Waals surface area contributed by atoms with Gasteiger partial charge in [-0.1, -0.05) is 0 Å². The average Bonchev–Trinajstić information content (AvgIpc) is 2.64. The molecule has 1 aromatic rings. The van der Waals surface area contributed by atoms with E-state index in [1.807, 2.05) is 6.07 Å². The van der Waals surface area contributed by atoms with Gasteiger partial charge in [0.15, 0.2) is 0 Å². The summed E-state index contributed by atoms with van der Waals surface area (Å²) in [5.74, 6) is 0.687. The second kappa shape index (κ2) is 4.61. The number of pyridine rings is 1. The van der Waals surface area contributed by atoms with Crippen LogP contribution >= 0.6 is 15.9 Å². The molecule has 1 aliphatic rings. The van der Waals surface area contributed by atoms with Crippen molar-refractivity contribution < 1.29 is 9.53 Å². The summed E-state index contributed by atoms with van der Waals surface area (Å²) in [4.78, 5) is 15.0. The van der Waals surface area contributed by atoms with Gasteiger partial charge in [0.25, 0.3) is 0 Å². The number of hydrogen-bond donors (Lipinski definition) is 1. The lowest BCUT2D eigenvalue weighted by Gasteiger charge is -2.10. The second-order valence-electron chi connectivity index (χ2n) is 3.43. The lowest BCUT2D eigenvalue weighted by molar-refractivity contribution is -0.119. The minimum atomic E-state index is 0.104. The molecule has 2 rings (SSSR count). The number of halogens is 1. The first-order valence-corrected chi connectivity index (χ1v) is 5.57. The summed E-state index contributed by atoms with van der Waals surface area (Å²) in [6.45, 7) is 0.486. The fourth-order valence-electron chi connectivity index (χ4n) is 1.44. The fourth-order valence-corrected chi connectivity index (χ4v) is 1.67. The first kappa shape index (κ1) is 10.4. The van der Waals surface area contributed by atoms with Gasteiger partial charge in [-0.25, -0.2) is 4.98 Å². The zero-order valence-corrected chi connectivity index (χ0v) is 9.66. The largest absolute Gasteiger partial charge is 0.475 e. The van der Waals surface area contributed by atoms with Crippen molar-refractivity contribution in [3.05, 3.63) is 22.8 Å². The van der Waals surface area contributed by atoms with Gasteiger partial charge in [0.05, 0.1) is 6.04 Å². The van der Waals surface area contributed by atoms with Crippen LogP contribution in [0.15, 0.2) is 22.8 Å². The first-order chi connectivity index (χ1) is 7.24. The number of amides is 1. The summed E-state index contributed by atoms with van der Waals surface area (Å²) in [6.07, 6.45) is 3.12. The quantitative estimate of drug-likeness (QED) is 0.906. The van der Waals surface area contributed by atoms with Gasteiger partial charge in [-0.2, -0.15) is 0 Å². The normalized spacial score (nSPS) is 20.1. The van der Waals surface area contributed by atoms with E-state index in [2.05, 4.69) is 26.2 Å². The van der Waals surface area contributed by atoms with Crippen LogP contribution in [0.4, 0.5) is 0 Å². The highest BCUT2D eigenvalue weighted by Crippen LogP contribution is 2.13. The number of rotatable bonds is 3. The maximum atomic E-state index is 10.9. The van der Waals surface area contributed by atoms with E-state index in [0.29, 0.717) is 18.9 Å². The van der Waals surface area contributed by atoms with Crippen LogP contribution in [0.5, 0.6) is 5.88 Å². The third-order valence-corrected chi connectivity index (χ3v) is 2.69. The Bertz CT molecular complexity index is 353. The highest BCUT2D eigenvalue weighted by Gasteiger charge is 2.20. The summed E-state index contributed by atoms with van der Waals surface area (Å²) < 4.78 is 6.37. The number of carbonyl (C=O) groups is 1. The smallest absolute Gasteiger partial charge is 0.220 e. The van der Waals surface area contributed by atoms with Gasteiger partial charge in [0.2, 0.25) is 11.8 Å². The predicted octanol–water partition coefficient (Wildman–Crippen LogP) is 1.50. The Morgan fingerprint density at radius 2 is 2.47 bits per heavy atom. The average molecular weight is 271 g/mol. The van der Waals surface area contributed by atoms with Crippen LogP contribution in [0, 0.1) is 0 Å². The Morgan fingerprint density at radius 1 is 1.60 bits per heavy atom. The molecule has 1 aromatic heterocycles. The summed E-state index contributed by atoms with van der Waals surface area (Å²) in [7, 11) is 0. The predicted molar refractivity (Wildman–Crippen MR) is 58.6 cm³/mol. The number of ether oxygens (including phenoxy) is 1. The van der Waals surface area contributed by atoms with E-state index in [4.69, 9.17) is 4.74 Å². The minimum absolute atomic E-state index is 0.104. The summed E-state index contributed by atoms with van der Waals surface area (Å²) in [5, 5.41) is 2.83. The molecular weight excluding hydrogens is 260 g/mol. The third kappa shape index (κ3) is 2.92. The number of aromatic nitrogens is 1. The first-order valence-electron chi connectivity index (χ1n) is 4.78. The SMILES string of the molecule is O=C1CC[C@@H](COc2ccc(Br)cn2)N1. The second-order valence-corrected chi connectivity index (χ2v) is 4.34. The topological polar surface area (TPSA) is 51.2 Å². The van der Waals surface area contributed by atoms with Gasteiger partial charge < -0.3 is 10.1 Å². The van der Waals surface area contributed by atoms with Crippen molar-refractivity contribution in [1.29, 1.82) is 0 Å². The van der Waals surface area contributed by atoms with Crippen LogP contribution in [0.1, 0.15) is 12.8 Å². The molecule has 1 saturated heterocycles. The van der Waals surface area contributed by atoms with Crippen LogP contribution in [0.3, 0.4) is 0 Å². The lowest BCUT2D eigenvalue weighted by Crippen LogP contribution is -2.30. The molecule has 0 spiro atoms. The van der Waals surface area contributed by atoms with Crippen LogP contribution in [0.2, 0.25) is 0 Å². The Morgan fingerprint density at radius 3 is 3.07 bits per heavy atom. The summed E-state index contributed by atoms with van der Waals surface area (Å²) in [6, 6.07) is 3.79. The van der Waals surface area contributed by atoms with E-state index in [9.17, 15) is 4.79 Å². The van der Waals surface area contributed by atoms with Gasteiger partial charge in [-0.15, -0.1) is 0 Å². The van der Waals surface area contributed by atoms with E-state index in [1.54, 1.807) is 12.3 Å². The zero-order valence-electron chi connectivity index (χ0n) is 8.07. The van der Waals surface area contributed by atoms with Gasteiger partial charge in [0, 0.05) is 23.2 Å². The molecule has 15 heavy (non-hydrogen) atoms. The van der Waals surface area contributed by atoms with E-state index in [1.165, 1.54) is 0 Å². The Labute approximate surface area is 96.2 Å². The van der Waals surface area contributed by atoms with Crippen molar-refractivity contribution in [1.82, 2.24) is 10.3 Å². The van der Waals surface area contributed by atoms with Gasteiger partial charge in [0.1, 0.15) is 6.61 Å². The van der Waals surface area contributed by atoms with Crippen LogP contribution < -0.4 is 10.1 Å². The van der Waals surface area contributed by atoms with E-state index < -0.39 is 0 Å². The Hall–Kier alpha value is -1.10. The number of nitrogens with one attached hydrogen (secondary N) is 1. The Balaban J connectivity index is 1.83. The molecule has 0 aliphatic carbocycles. The molecule has 1 amide bonds. The van der Waals surface area contributed by atoms with Crippen molar-refractivity contribution in [2.45, 2.75) is 18.9 Å². The molecule has 2 heterocycles. The molecular formula is C10H11BrN2O2. The summed E-state index contributed by atoms with van der Waals surface area (Å²) in [5.41, 5.74) is 0. The highest BCUT2D eigenvalue weighted by molar-refractivity contribution is 9.10. The molecule has 0 saturated carbocycles. The molecule has 0 bridgehead atoms. The molecule has 4 nitrogen and oxygen atoms in total. The molecule has 0 radical (unpaired) electrons. The monoisotopic (exact) mass is 270 g/mol. The maximum Gasteiger partial charge on any atom is 0.220 e. The van der Waals surface area contributed by atoms with Crippen LogP contribution in [0.25, 0.3) is 0 Å². The van der Waals surface area contributed by atoms with Crippen LogP contribution in [-0.2, 0) is 4.79 Å². The summed E-state index contributed by atoms with van der Waals surface area (Å²) >= 11 is 3.30. The molecule has 1 atom stereocenters. The molecule has 1 fully saturated rings. The third-order valence-electron chi connectivity index (χ3n) is 2.22. The van der Waals surface area contributed by atoms with Gasteiger partial charge >= 0.3 is 0 Å². The van der Waals surface area contributed by atoms with Crippen LogP contribution in [-0.4, -0.2) is 23.5 Å². The Kier molecular flexibility index (Phi) is 3.20. The van der Waals surface area contributed by atoms with Crippen molar-refractivity contribution in [2.24, 2.45) is 0 Å². The van der Waals surface area contributed by atoms with Gasteiger partial charge in [-0.05, 0) is 28.4 Å². The molecule has 0 unspecified atom stereocenters.